The molecule has 536 valence electrons. The SMILES string of the molecule is CCCCCC/C=C\C=C/CCCCCCCC(=O)O[C@H](COC(=O)CCCCCCCCCCCC(C)C)COP(=O)(O)OC[C@@H](O)COP(=O)(O)OC[C@@H](COC(=O)CCCCCCCCCCCCCC)OC(=O)CCCCCCCCCCCCCC. The Labute approximate surface area is 554 Å². The normalized spacial score (nSPS) is 14.2. The van der Waals surface area contributed by atoms with E-state index in [1.165, 1.54) is 161 Å². The number of aliphatic hydroxyl groups is 1. The molecule has 0 aromatic rings. The molecule has 0 radical (unpaired) electrons. The number of esters is 4. The Morgan fingerprint density at radius 3 is 0.901 bits per heavy atom. The van der Waals surface area contributed by atoms with E-state index >= 15 is 0 Å². The summed E-state index contributed by atoms with van der Waals surface area (Å²) < 4.78 is 68.3. The number of unbranched alkanes of at least 4 members (excludes halogenated alkanes) is 39. The molecule has 0 spiro atoms. The summed E-state index contributed by atoms with van der Waals surface area (Å²) >= 11 is 0. The van der Waals surface area contributed by atoms with E-state index in [1.54, 1.807) is 0 Å². The highest BCUT2D eigenvalue weighted by atomic mass is 31.2. The van der Waals surface area contributed by atoms with Gasteiger partial charge < -0.3 is 33.8 Å². The fourth-order valence-corrected chi connectivity index (χ4v) is 12.0. The Bertz CT molecular complexity index is 1850. The fourth-order valence-electron chi connectivity index (χ4n) is 10.5. The molecule has 0 bridgehead atoms. The second-order valence-corrected chi connectivity index (χ2v) is 28.7. The van der Waals surface area contributed by atoms with E-state index in [0.29, 0.717) is 25.7 Å². The van der Waals surface area contributed by atoms with Crippen molar-refractivity contribution < 1.29 is 80.2 Å². The Balaban J connectivity index is 5.29. The maximum Gasteiger partial charge on any atom is 0.472 e. The highest BCUT2D eigenvalue weighted by Gasteiger charge is 2.30. The lowest BCUT2D eigenvalue weighted by Crippen LogP contribution is -2.30. The molecule has 3 N–H and O–H groups in total. The van der Waals surface area contributed by atoms with Gasteiger partial charge in [0.05, 0.1) is 26.4 Å². The lowest BCUT2D eigenvalue weighted by Gasteiger charge is -2.21. The molecule has 0 aromatic carbocycles. The van der Waals surface area contributed by atoms with Crippen LogP contribution in [-0.4, -0.2) is 96.7 Å². The molecule has 91 heavy (non-hydrogen) atoms. The predicted molar refractivity (Wildman–Crippen MR) is 368 cm³/mol. The first-order valence-corrected chi connectivity index (χ1v) is 39.9. The summed E-state index contributed by atoms with van der Waals surface area (Å²) in [6.07, 6.45) is 54.7. The summed E-state index contributed by atoms with van der Waals surface area (Å²) in [5.41, 5.74) is 0. The van der Waals surface area contributed by atoms with Crippen LogP contribution in [0.2, 0.25) is 0 Å². The average Bonchev–Trinajstić information content (AvgIpc) is 3.73. The van der Waals surface area contributed by atoms with E-state index in [4.69, 9.17) is 37.0 Å². The summed E-state index contributed by atoms with van der Waals surface area (Å²) in [4.78, 5) is 72.6. The van der Waals surface area contributed by atoms with Gasteiger partial charge in [-0.05, 0) is 57.3 Å². The third-order valence-corrected chi connectivity index (χ3v) is 18.1. The number of allylic oxidation sites excluding steroid dienone is 4. The zero-order valence-corrected chi connectivity index (χ0v) is 60.3. The third kappa shape index (κ3) is 66.0. The first kappa shape index (κ1) is 88.5. The number of hydrogen-bond acceptors (Lipinski definition) is 15. The molecular weight excluding hydrogens is 1200 g/mol. The topological polar surface area (TPSA) is 237 Å². The van der Waals surface area contributed by atoms with E-state index in [9.17, 15) is 43.2 Å². The maximum absolute atomic E-state index is 13.0. The van der Waals surface area contributed by atoms with Gasteiger partial charge >= 0.3 is 39.5 Å². The van der Waals surface area contributed by atoms with Gasteiger partial charge in [0.25, 0.3) is 0 Å². The molecule has 0 saturated heterocycles. The van der Waals surface area contributed by atoms with E-state index in [-0.39, 0.29) is 25.7 Å². The van der Waals surface area contributed by atoms with Crippen LogP contribution < -0.4 is 0 Å². The largest absolute Gasteiger partial charge is 0.472 e. The minimum Gasteiger partial charge on any atom is -0.462 e. The van der Waals surface area contributed by atoms with Crippen LogP contribution in [0, 0.1) is 5.92 Å². The van der Waals surface area contributed by atoms with Crippen molar-refractivity contribution >= 4 is 39.5 Å². The standard InChI is InChI=1S/C72H136O17P2/c1-6-9-12-15-18-21-24-27-28-29-32-37-43-48-53-58-72(77)89-68(62-83-70(75)56-51-46-41-38-33-34-39-44-49-54-65(4)5)64-87-91(80,81)85-60-66(73)59-84-90(78,79)86-63-67(88-71(76)57-52-47-42-36-31-26-23-20-17-14-11-8-3)61-82-69(74)55-50-45-40-35-30-25-22-19-16-13-10-7-2/h21,24,27-28,65-68,73H,6-20,22-23,25-26,29-64H2,1-5H3,(H,78,79)(H,80,81)/b24-21-,28-27-/t66-,67+,68+/m0/s1. The summed E-state index contributed by atoms with van der Waals surface area (Å²) in [6.45, 7) is 7.17. The molecule has 0 aliphatic rings. The quantitative estimate of drug-likeness (QED) is 0.0169. The van der Waals surface area contributed by atoms with Crippen LogP contribution in [0.25, 0.3) is 0 Å². The molecule has 2 unspecified atom stereocenters. The highest BCUT2D eigenvalue weighted by Crippen LogP contribution is 2.45. The van der Waals surface area contributed by atoms with Gasteiger partial charge in [0.2, 0.25) is 0 Å². The molecule has 0 rings (SSSR count). The molecule has 0 fully saturated rings. The van der Waals surface area contributed by atoms with Crippen molar-refractivity contribution in [1.29, 1.82) is 0 Å². The summed E-state index contributed by atoms with van der Waals surface area (Å²) in [7, 11) is -9.91. The first-order valence-electron chi connectivity index (χ1n) is 37.0. The number of phosphoric acid groups is 2. The Morgan fingerprint density at radius 2 is 0.593 bits per heavy atom. The number of rotatable bonds is 70. The van der Waals surface area contributed by atoms with Gasteiger partial charge in [-0.25, -0.2) is 9.13 Å². The fraction of sp³-hybridized carbons (Fsp3) is 0.889. The number of hydrogen-bond donors (Lipinski definition) is 3. The van der Waals surface area contributed by atoms with Gasteiger partial charge in [0.1, 0.15) is 19.3 Å². The van der Waals surface area contributed by atoms with Crippen LogP contribution >= 0.6 is 15.6 Å². The number of ether oxygens (including phenoxy) is 4. The van der Waals surface area contributed by atoms with Crippen LogP contribution in [0.3, 0.4) is 0 Å². The molecule has 17 nitrogen and oxygen atoms in total. The van der Waals surface area contributed by atoms with Crippen LogP contribution in [-0.2, 0) is 65.4 Å². The van der Waals surface area contributed by atoms with Gasteiger partial charge in [-0.3, -0.25) is 37.3 Å². The lowest BCUT2D eigenvalue weighted by atomic mass is 10.0. The van der Waals surface area contributed by atoms with Gasteiger partial charge in [-0.1, -0.05) is 296 Å². The van der Waals surface area contributed by atoms with Crippen molar-refractivity contribution in [3.05, 3.63) is 24.3 Å². The molecule has 0 aromatic heterocycles. The summed E-state index contributed by atoms with van der Waals surface area (Å²) in [5.74, 6) is -1.41. The number of phosphoric ester groups is 2. The molecule has 0 heterocycles. The molecule has 0 amide bonds. The average molecular weight is 1340 g/mol. The van der Waals surface area contributed by atoms with Crippen LogP contribution in [0.15, 0.2) is 24.3 Å². The Kier molecular flexibility index (Phi) is 63.1. The van der Waals surface area contributed by atoms with E-state index in [2.05, 4.69) is 58.9 Å². The van der Waals surface area contributed by atoms with Crippen molar-refractivity contribution in [2.45, 2.75) is 368 Å². The smallest absolute Gasteiger partial charge is 0.462 e. The zero-order valence-electron chi connectivity index (χ0n) is 58.5. The van der Waals surface area contributed by atoms with Crippen molar-refractivity contribution in [3.8, 4) is 0 Å². The molecule has 0 saturated carbocycles. The predicted octanol–water partition coefficient (Wildman–Crippen LogP) is 20.5. The van der Waals surface area contributed by atoms with E-state index in [0.717, 1.165) is 109 Å². The van der Waals surface area contributed by atoms with Crippen LogP contribution in [0.5, 0.6) is 0 Å². The zero-order chi connectivity index (χ0) is 67.0. The lowest BCUT2D eigenvalue weighted by molar-refractivity contribution is -0.161. The second-order valence-electron chi connectivity index (χ2n) is 25.8. The van der Waals surface area contributed by atoms with Crippen molar-refractivity contribution in [3.63, 3.8) is 0 Å². The summed E-state index contributed by atoms with van der Waals surface area (Å²) in [5, 5.41) is 10.6. The minimum atomic E-state index is -4.96. The molecule has 0 aliphatic heterocycles. The summed E-state index contributed by atoms with van der Waals surface area (Å²) in [6, 6.07) is 0. The second kappa shape index (κ2) is 64.9. The highest BCUT2D eigenvalue weighted by molar-refractivity contribution is 7.47. The van der Waals surface area contributed by atoms with Gasteiger partial charge in [-0.15, -0.1) is 0 Å². The Morgan fingerprint density at radius 1 is 0.341 bits per heavy atom. The van der Waals surface area contributed by atoms with Gasteiger partial charge in [0, 0.05) is 25.7 Å². The van der Waals surface area contributed by atoms with Crippen LogP contribution in [0.1, 0.15) is 349 Å². The van der Waals surface area contributed by atoms with Crippen molar-refractivity contribution in [2.75, 3.05) is 39.6 Å². The van der Waals surface area contributed by atoms with Gasteiger partial charge in [0.15, 0.2) is 12.2 Å². The minimum absolute atomic E-state index is 0.0849. The van der Waals surface area contributed by atoms with E-state index in [1.807, 2.05) is 0 Å². The van der Waals surface area contributed by atoms with Crippen LogP contribution in [0.4, 0.5) is 0 Å². The molecular formula is C72H136O17P2. The van der Waals surface area contributed by atoms with Crippen molar-refractivity contribution in [1.82, 2.24) is 0 Å². The monoisotopic (exact) mass is 1330 g/mol. The number of aliphatic hydroxyl groups excluding tert-OH is 1. The third-order valence-electron chi connectivity index (χ3n) is 16.2. The molecule has 5 atom stereocenters. The van der Waals surface area contributed by atoms with E-state index < -0.39 is 97.5 Å². The Hall–Kier alpha value is -2.46. The van der Waals surface area contributed by atoms with Gasteiger partial charge in [-0.2, -0.15) is 0 Å². The molecule has 0 aliphatic carbocycles. The number of carbonyl (C=O) groups excluding carboxylic acids is 4. The first-order chi connectivity index (χ1) is 44.0. The molecule has 19 heteroatoms. The number of carbonyl (C=O) groups is 4. The van der Waals surface area contributed by atoms with Crippen molar-refractivity contribution in [2.24, 2.45) is 5.92 Å². The maximum atomic E-state index is 13.0.